The van der Waals surface area contributed by atoms with E-state index in [4.69, 9.17) is 0 Å². The van der Waals surface area contributed by atoms with Crippen molar-refractivity contribution in [3.05, 3.63) is 21.1 Å². The van der Waals surface area contributed by atoms with Gasteiger partial charge >= 0.3 is 11.5 Å². The summed E-state index contributed by atoms with van der Waals surface area (Å²) in [4.78, 5) is 23.0. The van der Waals surface area contributed by atoms with Crippen molar-refractivity contribution in [2.24, 2.45) is 0 Å². The Labute approximate surface area is 63.2 Å². The molecule has 0 saturated carbocycles. The first-order valence-electron chi connectivity index (χ1n) is 2.87. The molecule has 2 aromatic heterocycles. The maximum absolute atomic E-state index is 10.4. The Kier molecular flexibility index (Phi) is 1.20. The second-order valence-electron chi connectivity index (χ2n) is 1.86. The average Bonchev–Trinajstić information content (AvgIpc) is 2.58. The van der Waals surface area contributed by atoms with Gasteiger partial charge in [-0.2, -0.15) is 0 Å². The van der Waals surface area contributed by atoms with E-state index in [1.807, 2.05) is 5.10 Å². The Morgan fingerprint density at radius 3 is 2.58 bits per heavy atom. The smallest absolute Gasteiger partial charge is 0.384 e. The van der Waals surface area contributed by atoms with Gasteiger partial charge in [0.05, 0.1) is 0 Å². The van der Waals surface area contributed by atoms with Crippen LogP contribution in [0.3, 0.4) is 0 Å². The van der Waals surface area contributed by atoms with Crippen molar-refractivity contribution in [2.75, 3.05) is 0 Å². The van der Waals surface area contributed by atoms with Crippen molar-refractivity contribution in [1.82, 2.24) is 20.3 Å². The Bertz CT molecular complexity index is 441. The molecule has 8 heteroatoms. The highest BCUT2D eigenvalue weighted by Gasteiger charge is 2.09. The van der Waals surface area contributed by atoms with Crippen molar-refractivity contribution in [3.8, 4) is 11.7 Å². The maximum Gasteiger partial charge on any atom is 0.439 e. The monoisotopic (exact) mass is 170 g/mol. The molecule has 0 unspecified atom stereocenters. The number of aromatic nitrogens is 4. The molecule has 0 aromatic carbocycles. The van der Waals surface area contributed by atoms with E-state index in [1.54, 1.807) is 0 Å². The van der Waals surface area contributed by atoms with E-state index in [9.17, 15) is 9.59 Å². The predicted octanol–water partition coefficient (Wildman–Crippen LogP) is -1.29. The van der Waals surface area contributed by atoms with Crippen molar-refractivity contribution in [3.63, 3.8) is 0 Å². The van der Waals surface area contributed by atoms with Crippen molar-refractivity contribution in [2.45, 2.75) is 0 Å². The van der Waals surface area contributed by atoms with Gasteiger partial charge in [-0.05, 0) is 5.16 Å². The van der Waals surface area contributed by atoms with Gasteiger partial charge in [0, 0.05) is 0 Å². The van der Waals surface area contributed by atoms with Crippen LogP contribution in [0.2, 0.25) is 0 Å². The molecule has 0 saturated heterocycles. The molecular weight excluding hydrogens is 168 g/mol. The number of nitrogens with zero attached hydrogens (tertiary/aromatic N) is 2. The number of H-pyrrole nitrogens is 2. The van der Waals surface area contributed by atoms with Gasteiger partial charge in [-0.1, -0.05) is 0 Å². The molecule has 2 rings (SSSR count). The molecule has 12 heavy (non-hydrogen) atoms. The first-order valence-corrected chi connectivity index (χ1v) is 2.87. The molecule has 0 fully saturated rings. The minimum Gasteiger partial charge on any atom is -0.384 e. The number of aromatic amines is 2. The van der Waals surface area contributed by atoms with Crippen LogP contribution in [-0.2, 0) is 0 Å². The van der Waals surface area contributed by atoms with Crippen LogP contribution in [0.5, 0.6) is 0 Å². The van der Waals surface area contributed by atoms with Crippen molar-refractivity contribution in [1.29, 1.82) is 0 Å². The third kappa shape index (κ3) is 0.944. The third-order valence-corrected chi connectivity index (χ3v) is 1.08. The SMILES string of the molecule is O=c1[nH]c(-c2n[nH]c(=O)o2)no1. The molecule has 8 nitrogen and oxygen atoms in total. The van der Waals surface area contributed by atoms with Gasteiger partial charge in [-0.25, -0.2) is 14.7 Å². The molecule has 2 heterocycles. The normalized spacial score (nSPS) is 10.3. The fourth-order valence-corrected chi connectivity index (χ4v) is 0.653. The van der Waals surface area contributed by atoms with Crippen molar-refractivity contribution >= 4 is 0 Å². The van der Waals surface area contributed by atoms with Gasteiger partial charge in [0.1, 0.15) is 0 Å². The van der Waals surface area contributed by atoms with Crippen LogP contribution in [0, 0.1) is 0 Å². The first-order chi connectivity index (χ1) is 5.75. The fourth-order valence-electron chi connectivity index (χ4n) is 0.653. The molecule has 0 spiro atoms. The van der Waals surface area contributed by atoms with E-state index in [0.29, 0.717) is 0 Å². The molecule has 0 atom stereocenters. The van der Waals surface area contributed by atoms with Crippen LogP contribution in [-0.4, -0.2) is 20.3 Å². The van der Waals surface area contributed by atoms with Crippen LogP contribution < -0.4 is 11.5 Å². The Hall–Kier alpha value is -2.12. The molecular formula is C4H2N4O4. The third-order valence-electron chi connectivity index (χ3n) is 1.08. The molecule has 0 radical (unpaired) electrons. The van der Waals surface area contributed by atoms with Crippen LogP contribution in [0.25, 0.3) is 11.7 Å². The number of rotatable bonds is 1. The van der Waals surface area contributed by atoms with Gasteiger partial charge in [-0.15, -0.1) is 5.10 Å². The minimum absolute atomic E-state index is 0.0293. The summed E-state index contributed by atoms with van der Waals surface area (Å²) in [5.41, 5.74) is 0. The lowest BCUT2D eigenvalue weighted by molar-refractivity contribution is 0.386. The van der Waals surface area contributed by atoms with E-state index < -0.39 is 11.5 Å². The second kappa shape index (κ2) is 2.19. The summed E-state index contributed by atoms with van der Waals surface area (Å²) in [5.74, 6) is -1.62. The highest BCUT2D eigenvalue weighted by molar-refractivity contribution is 5.35. The molecule has 0 bridgehead atoms. The summed E-state index contributed by atoms with van der Waals surface area (Å²) in [6.07, 6.45) is 0. The zero-order valence-electron chi connectivity index (χ0n) is 5.53. The predicted molar refractivity (Wildman–Crippen MR) is 33.2 cm³/mol. The topological polar surface area (TPSA) is 118 Å². The van der Waals surface area contributed by atoms with E-state index in [1.165, 1.54) is 0 Å². The van der Waals surface area contributed by atoms with Crippen LogP contribution in [0.15, 0.2) is 18.5 Å². The van der Waals surface area contributed by atoms with Crippen LogP contribution in [0.4, 0.5) is 0 Å². The van der Waals surface area contributed by atoms with Crippen molar-refractivity contribution < 1.29 is 8.94 Å². The summed E-state index contributed by atoms with van der Waals surface area (Å²) < 4.78 is 8.62. The number of hydrogen-bond donors (Lipinski definition) is 2. The standard InChI is InChI=1S/C4H2N4O4/c9-3-5-1(8-12-3)2-6-7-4(10)11-2/h(H,7,10)(H,5,8,9). The summed E-state index contributed by atoms with van der Waals surface area (Å²) in [5, 5.41) is 8.64. The lowest BCUT2D eigenvalue weighted by Gasteiger charge is -1.77. The molecule has 2 aromatic rings. The highest BCUT2D eigenvalue weighted by atomic mass is 16.5. The molecule has 62 valence electrons. The lowest BCUT2D eigenvalue weighted by atomic mass is 10.6. The quantitative estimate of drug-likeness (QED) is 0.549. The van der Waals surface area contributed by atoms with E-state index >= 15 is 0 Å². The molecule has 0 aliphatic rings. The zero-order valence-corrected chi connectivity index (χ0v) is 5.53. The van der Waals surface area contributed by atoms with Gasteiger partial charge in [0.2, 0.25) is 5.82 Å². The van der Waals surface area contributed by atoms with Gasteiger partial charge in [0.15, 0.2) is 0 Å². The number of nitrogens with one attached hydrogen (secondary N) is 2. The van der Waals surface area contributed by atoms with E-state index in [0.717, 1.165) is 0 Å². The van der Waals surface area contributed by atoms with Crippen LogP contribution in [0.1, 0.15) is 0 Å². The van der Waals surface area contributed by atoms with E-state index in [-0.39, 0.29) is 11.7 Å². The summed E-state index contributed by atoms with van der Waals surface area (Å²) >= 11 is 0. The molecule has 2 N–H and O–H groups in total. The Morgan fingerprint density at radius 2 is 2.08 bits per heavy atom. The van der Waals surface area contributed by atoms with E-state index in [2.05, 4.69) is 24.2 Å². The zero-order chi connectivity index (χ0) is 8.55. The number of hydrogen-bond acceptors (Lipinski definition) is 6. The molecule has 0 aliphatic heterocycles. The van der Waals surface area contributed by atoms with Gasteiger partial charge in [0.25, 0.3) is 5.89 Å². The average molecular weight is 170 g/mol. The maximum atomic E-state index is 10.4. The summed E-state index contributed by atoms with van der Waals surface area (Å²) in [6.45, 7) is 0. The minimum atomic E-state index is -0.740. The summed E-state index contributed by atoms with van der Waals surface area (Å²) in [6, 6.07) is 0. The van der Waals surface area contributed by atoms with Crippen LogP contribution >= 0.6 is 0 Å². The second-order valence-corrected chi connectivity index (χ2v) is 1.86. The Morgan fingerprint density at radius 1 is 1.25 bits per heavy atom. The lowest BCUT2D eigenvalue weighted by Crippen LogP contribution is -1.95. The van der Waals surface area contributed by atoms with Gasteiger partial charge in [-0.3, -0.25) is 9.51 Å². The Balaban J connectivity index is 2.57. The first kappa shape index (κ1) is 6.58. The largest absolute Gasteiger partial charge is 0.439 e. The highest BCUT2D eigenvalue weighted by Crippen LogP contribution is 2.03. The summed E-state index contributed by atoms with van der Waals surface area (Å²) in [7, 11) is 0. The fraction of sp³-hybridized carbons (Fsp3) is 0. The van der Waals surface area contributed by atoms with Gasteiger partial charge < -0.3 is 4.42 Å². The molecule has 0 aliphatic carbocycles. The molecule has 0 amide bonds.